The first kappa shape index (κ1) is 22.6. The number of hydrogen-bond donors (Lipinski definition) is 1. The van der Waals surface area contributed by atoms with E-state index >= 15 is 4.39 Å². The normalized spacial score (nSPS) is 20.5. The summed E-state index contributed by atoms with van der Waals surface area (Å²) in [6.45, 7) is 6.78. The predicted molar refractivity (Wildman–Crippen MR) is 118 cm³/mol. The molecule has 2 aromatic rings. The van der Waals surface area contributed by atoms with Crippen molar-refractivity contribution < 1.29 is 18.7 Å². The number of aromatic nitrogens is 2. The van der Waals surface area contributed by atoms with Crippen molar-refractivity contribution in [2.45, 2.75) is 52.1 Å². The average molecular weight is 455 g/mol. The number of hydrogen-bond acceptors (Lipinski definition) is 6. The number of unbranched alkanes of at least 4 members (excludes halogenated alkanes) is 1. The van der Waals surface area contributed by atoms with Gasteiger partial charge in [0.15, 0.2) is 0 Å². The zero-order chi connectivity index (χ0) is 23.6. The third kappa shape index (κ3) is 4.37. The maximum absolute atomic E-state index is 15.2. The highest BCUT2D eigenvalue weighted by Gasteiger charge is 2.43. The molecule has 0 fully saturated rings. The van der Waals surface area contributed by atoms with Gasteiger partial charge >= 0.3 is 0 Å². The quantitative estimate of drug-likeness (QED) is 0.616. The van der Waals surface area contributed by atoms with Gasteiger partial charge in [-0.3, -0.25) is 14.3 Å². The average Bonchev–Trinajstić information content (AvgIpc) is 3.42. The lowest BCUT2D eigenvalue weighted by molar-refractivity contribution is -0.130. The number of amides is 2. The Morgan fingerprint density at radius 1 is 1.24 bits per heavy atom. The number of ether oxygens (including phenoxy) is 1. The Kier molecular flexibility index (Phi) is 6.26. The lowest BCUT2D eigenvalue weighted by atomic mass is 9.80. The molecule has 0 radical (unpaired) electrons. The van der Waals surface area contributed by atoms with Gasteiger partial charge in [-0.1, -0.05) is 24.6 Å². The number of carbonyl (C=O) groups excluding carboxylic acids is 2. The lowest BCUT2D eigenvalue weighted by Crippen LogP contribution is -2.51. The molecule has 174 valence electrons. The number of nitrogens with zero attached hydrogens (tertiary/aromatic N) is 5. The van der Waals surface area contributed by atoms with Crippen molar-refractivity contribution in [3.05, 3.63) is 53.2 Å². The zero-order valence-electron chi connectivity index (χ0n) is 19.0. The number of halogens is 1. The van der Waals surface area contributed by atoms with E-state index in [2.05, 4.69) is 27.7 Å². The summed E-state index contributed by atoms with van der Waals surface area (Å²) >= 11 is 0. The Hall–Kier alpha value is -3.56. The highest BCUT2D eigenvalue weighted by Crippen LogP contribution is 2.40. The molecule has 0 saturated heterocycles. The monoisotopic (exact) mass is 454 g/mol. The van der Waals surface area contributed by atoms with E-state index in [9.17, 15) is 9.59 Å². The van der Waals surface area contributed by atoms with Crippen molar-refractivity contribution in [3.63, 3.8) is 0 Å². The summed E-state index contributed by atoms with van der Waals surface area (Å²) in [6.07, 6.45) is 3.86. The van der Waals surface area contributed by atoms with Crippen LogP contribution in [0.5, 0.6) is 5.75 Å². The molecular weight excluding hydrogens is 427 g/mol. The second kappa shape index (κ2) is 9.13. The van der Waals surface area contributed by atoms with E-state index in [1.807, 2.05) is 6.92 Å². The number of aryl methyl sites for hydroxylation is 1. The Balaban J connectivity index is 1.74. The fourth-order valence-electron chi connectivity index (χ4n) is 4.03. The molecule has 9 nitrogen and oxygen atoms in total. The minimum absolute atomic E-state index is 0.0694. The maximum atomic E-state index is 15.2. The summed E-state index contributed by atoms with van der Waals surface area (Å²) in [5.74, 6) is -0.986. The van der Waals surface area contributed by atoms with E-state index in [1.54, 1.807) is 36.0 Å². The van der Waals surface area contributed by atoms with Crippen LogP contribution < -0.4 is 10.1 Å². The lowest BCUT2D eigenvalue weighted by Gasteiger charge is -2.38. The van der Waals surface area contributed by atoms with Crippen LogP contribution in [0.4, 0.5) is 4.39 Å². The molecule has 1 atom stereocenters. The van der Waals surface area contributed by atoms with Crippen LogP contribution in [0.15, 0.2) is 46.5 Å². The van der Waals surface area contributed by atoms with Gasteiger partial charge in [-0.15, -0.1) is 0 Å². The molecule has 0 spiro atoms. The molecule has 1 N–H and O–H groups in total. The van der Waals surface area contributed by atoms with Gasteiger partial charge < -0.3 is 10.1 Å². The van der Waals surface area contributed by atoms with Crippen molar-refractivity contribution in [2.24, 2.45) is 10.3 Å². The van der Waals surface area contributed by atoms with Gasteiger partial charge in [-0.2, -0.15) is 15.2 Å². The van der Waals surface area contributed by atoms with Crippen LogP contribution in [0, 0.1) is 5.82 Å². The molecule has 4 rings (SSSR count). The minimum Gasteiger partial charge on any atom is -0.493 e. The summed E-state index contributed by atoms with van der Waals surface area (Å²) in [6, 6.07) is 6.45. The Morgan fingerprint density at radius 3 is 2.70 bits per heavy atom. The van der Waals surface area contributed by atoms with E-state index < -0.39 is 23.2 Å². The highest BCUT2D eigenvalue weighted by molar-refractivity contribution is 6.06. The minimum atomic E-state index is -1.07. The molecule has 1 unspecified atom stereocenters. The summed E-state index contributed by atoms with van der Waals surface area (Å²) < 4.78 is 22.5. The van der Waals surface area contributed by atoms with Gasteiger partial charge in [0.2, 0.25) is 0 Å². The summed E-state index contributed by atoms with van der Waals surface area (Å²) in [7, 11) is 0. The molecule has 2 amide bonds. The molecule has 2 aliphatic heterocycles. The first-order valence-electron chi connectivity index (χ1n) is 11.1. The third-order valence-corrected chi connectivity index (χ3v) is 5.80. The second-order valence-corrected chi connectivity index (χ2v) is 8.29. The van der Waals surface area contributed by atoms with Crippen LogP contribution in [0.25, 0.3) is 5.57 Å². The maximum Gasteiger partial charge on any atom is 0.272 e. The fraction of sp³-hybridized carbons (Fsp3) is 0.435. The van der Waals surface area contributed by atoms with Crippen LogP contribution in [-0.4, -0.2) is 39.8 Å². The zero-order valence-corrected chi connectivity index (χ0v) is 19.0. The Morgan fingerprint density at radius 2 is 2.06 bits per heavy atom. The van der Waals surface area contributed by atoms with Gasteiger partial charge in [0.05, 0.1) is 17.8 Å². The largest absolute Gasteiger partial charge is 0.493 e. The van der Waals surface area contributed by atoms with Crippen molar-refractivity contribution in [1.29, 1.82) is 0 Å². The van der Waals surface area contributed by atoms with E-state index in [1.165, 1.54) is 6.07 Å². The molecule has 3 heterocycles. The molecule has 1 aromatic carbocycles. The molecule has 0 aliphatic carbocycles. The Labute approximate surface area is 191 Å². The molecule has 0 saturated carbocycles. The van der Waals surface area contributed by atoms with Crippen LogP contribution in [0.2, 0.25) is 0 Å². The summed E-state index contributed by atoms with van der Waals surface area (Å²) in [4.78, 5) is 25.6. The molecule has 33 heavy (non-hydrogen) atoms. The topological polar surface area (TPSA) is 101 Å². The van der Waals surface area contributed by atoms with E-state index in [0.717, 1.165) is 17.9 Å². The van der Waals surface area contributed by atoms with Crippen molar-refractivity contribution in [3.8, 4) is 5.75 Å². The smallest absolute Gasteiger partial charge is 0.272 e. The predicted octanol–water partition coefficient (Wildman–Crippen LogP) is 3.58. The second-order valence-electron chi connectivity index (χ2n) is 8.29. The molecule has 1 aromatic heterocycles. The fourth-order valence-corrected chi connectivity index (χ4v) is 4.03. The molecule has 0 bridgehead atoms. The Bertz CT molecular complexity index is 1140. The van der Waals surface area contributed by atoms with Crippen LogP contribution in [0.1, 0.15) is 51.3 Å². The number of nitrogens with one attached hydrogen (secondary N) is 1. The van der Waals surface area contributed by atoms with Gasteiger partial charge in [0, 0.05) is 36.4 Å². The van der Waals surface area contributed by atoms with E-state index in [-0.39, 0.29) is 18.7 Å². The van der Waals surface area contributed by atoms with E-state index in [4.69, 9.17) is 4.74 Å². The van der Waals surface area contributed by atoms with Crippen molar-refractivity contribution in [1.82, 2.24) is 20.1 Å². The van der Waals surface area contributed by atoms with Gasteiger partial charge in [0.25, 0.3) is 11.8 Å². The van der Waals surface area contributed by atoms with Crippen LogP contribution >= 0.6 is 0 Å². The van der Waals surface area contributed by atoms with Crippen molar-refractivity contribution >= 4 is 17.4 Å². The third-order valence-electron chi connectivity index (χ3n) is 5.80. The van der Waals surface area contributed by atoms with Gasteiger partial charge in [-0.05, 0) is 32.4 Å². The molecular formula is C23H27FN6O3. The standard InChI is InChI=1S/C23H27FN6O3/c1-4-6-11-33-15-7-8-17(18(24)12-15)23(3)13-16(19-9-10-29(5-2)27-19)21(22(32)26-23)30-20(31)14-25-28-30/h7-10,12H,4-6,11,13-14H2,1-3H3,(H,26,32). The summed E-state index contributed by atoms with van der Waals surface area (Å²) in [5.41, 5.74) is 0.352. The number of carbonyl (C=O) groups is 2. The SMILES string of the molecule is CCCCOc1ccc(C2(C)CC(c3ccn(CC)n3)=C(N3N=NCC3=O)C(=O)N2)c(F)c1. The first-order valence-corrected chi connectivity index (χ1v) is 11.1. The van der Waals surface area contributed by atoms with E-state index in [0.29, 0.717) is 35.7 Å². The number of benzene rings is 1. The van der Waals surface area contributed by atoms with Gasteiger partial charge in [0.1, 0.15) is 23.8 Å². The summed E-state index contributed by atoms with van der Waals surface area (Å²) in [5, 5.41) is 16.0. The van der Waals surface area contributed by atoms with Gasteiger partial charge in [-0.25, -0.2) is 4.39 Å². The number of rotatable bonds is 8. The van der Waals surface area contributed by atoms with Crippen molar-refractivity contribution in [2.75, 3.05) is 13.2 Å². The van der Waals surface area contributed by atoms with Crippen LogP contribution in [0.3, 0.4) is 0 Å². The first-order chi connectivity index (χ1) is 15.9. The molecule has 2 aliphatic rings. The highest BCUT2D eigenvalue weighted by atomic mass is 19.1. The van der Waals surface area contributed by atoms with Crippen LogP contribution in [-0.2, 0) is 21.7 Å². The molecule has 10 heteroatoms.